The second-order valence-electron chi connectivity index (χ2n) is 3.47. The summed E-state index contributed by atoms with van der Waals surface area (Å²) in [6.07, 6.45) is 0. The Morgan fingerprint density at radius 2 is 1.82 bits per heavy atom. The van der Waals surface area contributed by atoms with Gasteiger partial charge in [0.05, 0.1) is 32.9 Å². The molecule has 6 nitrogen and oxygen atoms in total. The Morgan fingerprint density at radius 3 is 2.29 bits per heavy atom. The summed E-state index contributed by atoms with van der Waals surface area (Å²) in [5.41, 5.74) is 1.24. The Kier molecular flexibility index (Phi) is 4.25. The zero-order chi connectivity index (χ0) is 13.0. The molecule has 0 aliphatic heterocycles. The summed E-state index contributed by atoms with van der Waals surface area (Å²) in [5, 5.41) is 0. The van der Waals surface area contributed by atoms with E-state index < -0.39 is 5.92 Å². The molecule has 1 atom stereocenters. The predicted octanol–water partition coefficient (Wildman–Crippen LogP) is 1.08. The van der Waals surface area contributed by atoms with Crippen molar-refractivity contribution in [2.24, 2.45) is 0 Å². The van der Waals surface area contributed by atoms with Gasteiger partial charge in [0.25, 0.3) is 0 Å². The fourth-order valence-corrected chi connectivity index (χ4v) is 1.49. The Labute approximate surface area is 99.9 Å². The molecule has 1 aromatic rings. The Hall–Kier alpha value is -1.85. The maximum atomic E-state index is 11.5. The maximum absolute atomic E-state index is 11.5. The minimum absolute atomic E-state index is 0.165. The third kappa shape index (κ3) is 2.64. The first-order valence-electron chi connectivity index (χ1n) is 5.09. The molecule has 17 heavy (non-hydrogen) atoms. The van der Waals surface area contributed by atoms with Crippen molar-refractivity contribution in [2.45, 2.75) is 19.8 Å². The monoisotopic (exact) mass is 240 g/mol. The number of esters is 1. The van der Waals surface area contributed by atoms with E-state index in [9.17, 15) is 4.79 Å². The van der Waals surface area contributed by atoms with Crippen LogP contribution in [0.25, 0.3) is 0 Å². The van der Waals surface area contributed by atoms with E-state index in [0.29, 0.717) is 17.1 Å². The number of hydrogen-bond donors (Lipinski definition) is 0. The third-order valence-electron chi connectivity index (χ3n) is 2.46. The molecule has 0 N–H and O–H groups in total. The second-order valence-corrected chi connectivity index (χ2v) is 3.47. The Bertz CT molecular complexity index is 420. The molecule has 94 valence electrons. The average molecular weight is 240 g/mol. The molecule has 0 saturated heterocycles. The van der Waals surface area contributed by atoms with Gasteiger partial charge >= 0.3 is 12.0 Å². The van der Waals surface area contributed by atoms with Crippen molar-refractivity contribution in [3.63, 3.8) is 0 Å². The summed E-state index contributed by atoms with van der Waals surface area (Å²) in [4.78, 5) is 19.7. The molecule has 1 aromatic heterocycles. The number of carbonyl (C=O) groups is 1. The van der Waals surface area contributed by atoms with Gasteiger partial charge in [-0.2, -0.15) is 9.97 Å². The molecule has 6 heteroatoms. The molecule has 1 unspecified atom stereocenters. The van der Waals surface area contributed by atoms with Crippen LogP contribution in [-0.2, 0) is 9.53 Å². The first-order chi connectivity index (χ1) is 8.04. The molecule has 0 aliphatic carbocycles. The van der Waals surface area contributed by atoms with Crippen molar-refractivity contribution in [1.29, 1.82) is 0 Å². The molecule has 0 aromatic carbocycles. The minimum Gasteiger partial charge on any atom is -0.481 e. The summed E-state index contributed by atoms with van der Waals surface area (Å²) >= 11 is 0. The molecule has 1 rings (SSSR count). The largest absolute Gasteiger partial charge is 0.481 e. The zero-order valence-electron chi connectivity index (χ0n) is 10.6. The van der Waals surface area contributed by atoms with Crippen LogP contribution in [0, 0.1) is 6.92 Å². The van der Waals surface area contributed by atoms with Crippen molar-refractivity contribution in [3.8, 4) is 11.9 Å². The van der Waals surface area contributed by atoms with Gasteiger partial charge in [-0.15, -0.1) is 0 Å². The number of nitrogens with zero attached hydrogens (tertiary/aromatic N) is 2. The number of methoxy groups -OCH3 is 3. The Balaban J connectivity index is 3.26. The van der Waals surface area contributed by atoms with Crippen LogP contribution in [0.5, 0.6) is 11.9 Å². The van der Waals surface area contributed by atoms with Crippen LogP contribution in [-0.4, -0.2) is 37.3 Å². The van der Waals surface area contributed by atoms with Gasteiger partial charge in [0.15, 0.2) is 0 Å². The lowest BCUT2D eigenvalue weighted by atomic mass is 10.0. The first-order valence-corrected chi connectivity index (χ1v) is 5.09. The van der Waals surface area contributed by atoms with Gasteiger partial charge in [-0.3, -0.25) is 4.79 Å². The van der Waals surface area contributed by atoms with Crippen LogP contribution < -0.4 is 9.47 Å². The third-order valence-corrected chi connectivity index (χ3v) is 2.46. The number of hydrogen-bond acceptors (Lipinski definition) is 6. The normalized spacial score (nSPS) is 11.8. The fraction of sp³-hybridized carbons (Fsp3) is 0.545. The number of ether oxygens (including phenoxy) is 3. The molecule has 1 heterocycles. The van der Waals surface area contributed by atoms with Gasteiger partial charge < -0.3 is 14.2 Å². The van der Waals surface area contributed by atoms with Crippen LogP contribution in [0.4, 0.5) is 0 Å². The van der Waals surface area contributed by atoms with Gasteiger partial charge in [-0.05, 0) is 13.8 Å². The van der Waals surface area contributed by atoms with Crippen LogP contribution >= 0.6 is 0 Å². The van der Waals surface area contributed by atoms with Gasteiger partial charge in [0.1, 0.15) is 0 Å². The molecule has 0 spiro atoms. The highest BCUT2D eigenvalue weighted by molar-refractivity contribution is 5.77. The molecular weight excluding hydrogens is 224 g/mol. The molecule has 0 saturated carbocycles. The highest BCUT2D eigenvalue weighted by Crippen LogP contribution is 2.26. The zero-order valence-corrected chi connectivity index (χ0v) is 10.6. The smallest absolute Gasteiger partial charge is 0.319 e. The van der Waals surface area contributed by atoms with E-state index in [2.05, 4.69) is 14.7 Å². The van der Waals surface area contributed by atoms with Crippen molar-refractivity contribution in [1.82, 2.24) is 9.97 Å². The van der Waals surface area contributed by atoms with Crippen LogP contribution in [0.1, 0.15) is 24.1 Å². The minimum atomic E-state index is -0.495. The lowest BCUT2D eigenvalue weighted by molar-refractivity contribution is -0.142. The van der Waals surface area contributed by atoms with Crippen molar-refractivity contribution in [3.05, 3.63) is 11.3 Å². The summed E-state index contributed by atoms with van der Waals surface area (Å²) in [5.74, 6) is -0.468. The van der Waals surface area contributed by atoms with E-state index in [4.69, 9.17) is 9.47 Å². The molecule has 0 aliphatic rings. The molecule has 0 amide bonds. The fourth-order valence-electron chi connectivity index (χ4n) is 1.49. The van der Waals surface area contributed by atoms with E-state index in [0.717, 1.165) is 0 Å². The number of rotatable bonds is 4. The van der Waals surface area contributed by atoms with E-state index in [1.54, 1.807) is 13.8 Å². The van der Waals surface area contributed by atoms with Gasteiger partial charge in [-0.1, -0.05) is 0 Å². The van der Waals surface area contributed by atoms with Crippen molar-refractivity contribution >= 4 is 5.97 Å². The Morgan fingerprint density at radius 1 is 1.18 bits per heavy atom. The highest BCUT2D eigenvalue weighted by atomic mass is 16.5. The quantitative estimate of drug-likeness (QED) is 0.733. The van der Waals surface area contributed by atoms with Crippen LogP contribution in [0.2, 0.25) is 0 Å². The molecular formula is C11H16N2O4. The topological polar surface area (TPSA) is 70.5 Å². The van der Waals surface area contributed by atoms with Crippen LogP contribution in [0.3, 0.4) is 0 Å². The van der Waals surface area contributed by atoms with E-state index in [1.165, 1.54) is 21.3 Å². The van der Waals surface area contributed by atoms with Gasteiger partial charge in [-0.25, -0.2) is 0 Å². The van der Waals surface area contributed by atoms with E-state index in [-0.39, 0.29) is 12.0 Å². The van der Waals surface area contributed by atoms with E-state index in [1.807, 2.05) is 0 Å². The summed E-state index contributed by atoms with van der Waals surface area (Å²) in [6, 6.07) is 0.165. The van der Waals surface area contributed by atoms with Crippen LogP contribution in [0.15, 0.2) is 0 Å². The number of aromatic nitrogens is 2. The van der Waals surface area contributed by atoms with Gasteiger partial charge in [0, 0.05) is 5.56 Å². The molecule has 0 radical (unpaired) electrons. The van der Waals surface area contributed by atoms with Crippen molar-refractivity contribution < 1.29 is 19.0 Å². The van der Waals surface area contributed by atoms with E-state index >= 15 is 0 Å². The first kappa shape index (κ1) is 13.2. The van der Waals surface area contributed by atoms with Gasteiger partial charge in [0.2, 0.25) is 5.88 Å². The SMILES string of the molecule is COC(=O)C(C)c1nc(OC)nc(OC)c1C. The maximum Gasteiger partial charge on any atom is 0.319 e. The number of carbonyl (C=O) groups excluding carboxylic acids is 1. The summed E-state index contributed by atoms with van der Waals surface area (Å²) in [6.45, 7) is 3.49. The highest BCUT2D eigenvalue weighted by Gasteiger charge is 2.23. The second kappa shape index (κ2) is 5.47. The standard InChI is InChI=1S/C11H16N2O4/c1-6-8(7(2)10(14)16-4)12-11(17-5)13-9(6)15-3/h7H,1-5H3. The molecule has 0 bridgehead atoms. The summed E-state index contributed by atoms with van der Waals surface area (Å²) < 4.78 is 14.8. The lowest BCUT2D eigenvalue weighted by Gasteiger charge is -2.14. The summed E-state index contributed by atoms with van der Waals surface area (Å²) in [7, 11) is 4.29. The molecule has 0 fully saturated rings. The predicted molar refractivity (Wildman–Crippen MR) is 60.3 cm³/mol. The average Bonchev–Trinajstić information content (AvgIpc) is 2.37. The lowest BCUT2D eigenvalue weighted by Crippen LogP contribution is -2.15. The van der Waals surface area contributed by atoms with Crippen molar-refractivity contribution in [2.75, 3.05) is 21.3 Å².